The summed E-state index contributed by atoms with van der Waals surface area (Å²) in [7, 11) is 0. The fourth-order valence-electron chi connectivity index (χ4n) is 4.10. The molecule has 3 rings (SSSR count). The predicted octanol–water partition coefficient (Wildman–Crippen LogP) is 3.73. The van der Waals surface area contributed by atoms with Gasteiger partial charge in [-0.3, -0.25) is 9.59 Å². The lowest BCUT2D eigenvalue weighted by Crippen LogP contribution is -2.69. The molecule has 0 spiro atoms. The number of carboxylic acid groups (broad SMARTS) is 4. The van der Waals surface area contributed by atoms with Crippen LogP contribution in [0.3, 0.4) is 0 Å². The third-order valence-electron chi connectivity index (χ3n) is 6.47. The topological polar surface area (TPSA) is 168 Å². The van der Waals surface area contributed by atoms with Gasteiger partial charge in [0, 0.05) is 0 Å². The van der Waals surface area contributed by atoms with Crippen LogP contribution in [0.15, 0.2) is 24.3 Å². The maximum Gasteiger partial charge on any atom is 0.365 e. The SMILES string of the molecule is O=C(O)C1C=CC(F)(Oc2c(F)c(F)c(OC3(F)C=CC(C(=O)O)C(F)(C(=O)O)C3(F)F)c(F)c2F)C(F)(F)C1(F)C(=O)O. The van der Waals surface area contributed by atoms with E-state index < -0.39 is 130 Å². The Kier molecular flexibility index (Phi) is 7.64. The van der Waals surface area contributed by atoms with Gasteiger partial charge in [-0.05, 0) is 12.2 Å². The lowest BCUT2D eigenvalue weighted by molar-refractivity contribution is -0.283. The van der Waals surface area contributed by atoms with Crippen molar-refractivity contribution in [2.75, 3.05) is 0 Å². The molecular formula is C22H10F12O10. The third-order valence-corrected chi connectivity index (χ3v) is 6.47. The van der Waals surface area contributed by atoms with Gasteiger partial charge >= 0.3 is 47.4 Å². The van der Waals surface area contributed by atoms with Crippen molar-refractivity contribution in [3.8, 4) is 11.5 Å². The van der Waals surface area contributed by atoms with Crippen LogP contribution in [0.5, 0.6) is 11.5 Å². The first-order valence-electron chi connectivity index (χ1n) is 10.9. The predicted molar refractivity (Wildman–Crippen MR) is 109 cm³/mol. The molecule has 22 heteroatoms. The molecule has 0 radical (unpaired) electrons. The molecule has 0 amide bonds. The molecule has 6 atom stereocenters. The zero-order chi connectivity index (χ0) is 34.2. The van der Waals surface area contributed by atoms with Gasteiger partial charge in [-0.25, -0.2) is 18.4 Å². The third kappa shape index (κ3) is 4.12. The zero-order valence-corrected chi connectivity index (χ0v) is 20.2. The van der Waals surface area contributed by atoms with Crippen molar-refractivity contribution in [3.05, 3.63) is 47.6 Å². The molecule has 4 N–H and O–H groups in total. The van der Waals surface area contributed by atoms with Crippen molar-refractivity contribution in [1.82, 2.24) is 0 Å². The van der Waals surface area contributed by atoms with Crippen molar-refractivity contribution in [3.63, 3.8) is 0 Å². The molecule has 2 aliphatic rings. The summed E-state index contributed by atoms with van der Waals surface area (Å²) >= 11 is 0. The van der Waals surface area contributed by atoms with Gasteiger partial charge in [-0.15, -0.1) is 0 Å². The van der Waals surface area contributed by atoms with Crippen molar-refractivity contribution in [2.24, 2.45) is 11.8 Å². The van der Waals surface area contributed by atoms with E-state index in [1.807, 2.05) is 0 Å². The van der Waals surface area contributed by atoms with E-state index in [1.165, 1.54) is 0 Å². The molecule has 10 nitrogen and oxygen atoms in total. The van der Waals surface area contributed by atoms with Crippen LogP contribution in [-0.2, 0) is 19.2 Å². The van der Waals surface area contributed by atoms with Gasteiger partial charge < -0.3 is 29.9 Å². The average molecular weight is 662 g/mol. The first-order chi connectivity index (χ1) is 19.8. The molecular weight excluding hydrogens is 652 g/mol. The molecule has 0 fully saturated rings. The van der Waals surface area contributed by atoms with Crippen molar-refractivity contribution < 1.29 is 102 Å². The van der Waals surface area contributed by atoms with Gasteiger partial charge in [0.1, 0.15) is 11.8 Å². The van der Waals surface area contributed by atoms with Gasteiger partial charge in [0.2, 0.25) is 34.8 Å². The molecule has 0 saturated carbocycles. The van der Waals surface area contributed by atoms with Gasteiger partial charge in [0.15, 0.2) is 0 Å². The number of aliphatic carboxylic acids is 4. The summed E-state index contributed by atoms with van der Waals surface area (Å²) in [6, 6.07) is 0. The van der Waals surface area contributed by atoms with Crippen LogP contribution in [0.1, 0.15) is 0 Å². The number of carbonyl (C=O) groups is 4. The van der Waals surface area contributed by atoms with Crippen molar-refractivity contribution in [1.29, 1.82) is 0 Å². The molecule has 242 valence electrons. The first kappa shape index (κ1) is 33.8. The Bertz CT molecular complexity index is 1390. The van der Waals surface area contributed by atoms with Gasteiger partial charge in [0.25, 0.3) is 11.3 Å². The number of benzene rings is 1. The van der Waals surface area contributed by atoms with Gasteiger partial charge in [0.05, 0.1) is 0 Å². The number of rotatable bonds is 8. The summed E-state index contributed by atoms with van der Waals surface area (Å²) in [4.78, 5) is 44.5. The van der Waals surface area contributed by atoms with Crippen LogP contribution in [0.2, 0.25) is 0 Å². The Morgan fingerprint density at radius 3 is 1.00 bits per heavy atom. The average Bonchev–Trinajstić information content (AvgIpc) is 2.90. The Labute approximate surface area is 232 Å². The minimum Gasteiger partial charge on any atom is -0.481 e. The zero-order valence-electron chi connectivity index (χ0n) is 20.2. The second kappa shape index (κ2) is 9.94. The van der Waals surface area contributed by atoms with E-state index in [-0.39, 0.29) is 0 Å². The van der Waals surface area contributed by atoms with Crippen LogP contribution in [-0.4, -0.2) is 79.2 Å². The molecule has 2 aliphatic carbocycles. The van der Waals surface area contributed by atoms with Gasteiger partial charge in [-0.1, -0.05) is 12.2 Å². The Morgan fingerprint density at radius 1 is 0.545 bits per heavy atom. The molecule has 6 unspecified atom stereocenters. The summed E-state index contributed by atoms with van der Waals surface area (Å²) < 4.78 is 185. The van der Waals surface area contributed by atoms with Crippen LogP contribution in [0.25, 0.3) is 0 Å². The minimum atomic E-state index is -6.30. The lowest BCUT2D eigenvalue weighted by atomic mass is 9.75. The normalized spacial score (nSPS) is 33.8. The maximum atomic E-state index is 15.2. The molecule has 0 heterocycles. The minimum absolute atomic E-state index is 0.436. The van der Waals surface area contributed by atoms with Crippen molar-refractivity contribution in [2.45, 2.75) is 34.9 Å². The highest BCUT2D eigenvalue weighted by Gasteiger charge is 2.80. The van der Waals surface area contributed by atoms with E-state index >= 15 is 8.78 Å². The van der Waals surface area contributed by atoms with Crippen LogP contribution < -0.4 is 9.47 Å². The highest BCUT2D eigenvalue weighted by molar-refractivity contribution is 5.90. The Hall–Kier alpha value is -4.66. The maximum absolute atomic E-state index is 15.2. The summed E-state index contributed by atoms with van der Waals surface area (Å²) in [5, 5.41) is 35.4. The first-order valence-corrected chi connectivity index (χ1v) is 10.9. The second-order valence-electron chi connectivity index (χ2n) is 8.94. The van der Waals surface area contributed by atoms with E-state index in [2.05, 4.69) is 9.47 Å². The highest BCUT2D eigenvalue weighted by Crippen LogP contribution is 2.55. The molecule has 1 aromatic rings. The molecule has 0 aromatic heterocycles. The molecule has 0 saturated heterocycles. The summed E-state index contributed by atoms with van der Waals surface area (Å²) in [6.07, 6.45) is -2.48. The molecule has 1 aromatic carbocycles. The lowest BCUT2D eigenvalue weighted by Gasteiger charge is -2.43. The highest BCUT2D eigenvalue weighted by atomic mass is 19.3. The van der Waals surface area contributed by atoms with E-state index in [4.69, 9.17) is 20.4 Å². The monoisotopic (exact) mass is 662 g/mol. The smallest absolute Gasteiger partial charge is 0.365 e. The van der Waals surface area contributed by atoms with Crippen LogP contribution in [0.4, 0.5) is 52.7 Å². The van der Waals surface area contributed by atoms with Gasteiger partial charge in [-0.2, -0.15) is 43.9 Å². The van der Waals surface area contributed by atoms with E-state index in [0.717, 1.165) is 0 Å². The van der Waals surface area contributed by atoms with E-state index in [1.54, 1.807) is 0 Å². The number of carboxylic acids is 4. The summed E-state index contributed by atoms with van der Waals surface area (Å²) in [6.45, 7) is 0. The molecule has 44 heavy (non-hydrogen) atoms. The number of hydrogen-bond donors (Lipinski definition) is 4. The Morgan fingerprint density at radius 2 is 0.795 bits per heavy atom. The molecule has 0 aliphatic heterocycles. The number of ether oxygens (including phenoxy) is 2. The Balaban J connectivity index is 2.18. The molecule has 0 bridgehead atoms. The standard InChI is InChI=1S/C22H10F12O10/c23-7-9(25)12(44-18(28)4-2-6(14(37)38)20(30,16(41)42)22(18,33)34)10(26)8(24)11(7)43-17(27)3-1-5(13(35)36)19(29,15(39)40)21(17,31)32/h1-6H,(H,35,36)(H,37,38)(H,39,40)(H,41,42). The fraction of sp³-hybridized carbons (Fsp3) is 0.364. The van der Waals surface area contributed by atoms with E-state index in [9.17, 15) is 63.1 Å². The van der Waals surface area contributed by atoms with Crippen LogP contribution >= 0.6 is 0 Å². The number of alkyl halides is 8. The van der Waals surface area contributed by atoms with E-state index in [0.29, 0.717) is 0 Å². The largest absolute Gasteiger partial charge is 0.481 e. The van der Waals surface area contributed by atoms with Crippen molar-refractivity contribution >= 4 is 23.9 Å². The quantitative estimate of drug-likeness (QED) is 0.183. The number of hydrogen-bond acceptors (Lipinski definition) is 6. The second-order valence-corrected chi connectivity index (χ2v) is 8.94. The summed E-state index contributed by atoms with van der Waals surface area (Å²) in [5.41, 5.74) is -11.0. The van der Waals surface area contributed by atoms with Crippen LogP contribution in [0, 0.1) is 35.1 Å². The fourth-order valence-corrected chi connectivity index (χ4v) is 4.10. The number of halogens is 12. The summed E-state index contributed by atoms with van der Waals surface area (Å²) in [5.74, 6) is -61.5.